The number of aromatic nitrogens is 1. The molecule has 146 valence electrons. The fraction of sp³-hybridized carbons (Fsp3) is 0.286. The Morgan fingerprint density at radius 3 is 2.79 bits per heavy atom. The summed E-state index contributed by atoms with van der Waals surface area (Å²) in [5.74, 6) is -3.34. The van der Waals surface area contributed by atoms with Crippen molar-refractivity contribution in [2.45, 2.75) is 31.4 Å². The van der Waals surface area contributed by atoms with Crippen LogP contribution in [0.1, 0.15) is 17.5 Å². The van der Waals surface area contributed by atoms with Crippen molar-refractivity contribution in [3.63, 3.8) is 0 Å². The summed E-state index contributed by atoms with van der Waals surface area (Å²) in [4.78, 5) is 16.5. The molecule has 1 saturated heterocycles. The highest BCUT2D eigenvalue weighted by Crippen LogP contribution is 2.35. The van der Waals surface area contributed by atoms with Crippen LogP contribution in [0.3, 0.4) is 0 Å². The number of nitrogens with zero attached hydrogens (tertiary/aromatic N) is 1. The Hall–Kier alpha value is -2.96. The summed E-state index contributed by atoms with van der Waals surface area (Å²) < 4.78 is 46.7. The number of rotatable bonds is 4. The van der Waals surface area contributed by atoms with Crippen LogP contribution in [0.25, 0.3) is 10.9 Å². The second-order valence-corrected chi connectivity index (χ2v) is 7.09. The Balaban J connectivity index is 1.50. The number of ether oxygens (including phenoxy) is 1. The van der Waals surface area contributed by atoms with Gasteiger partial charge in [0.1, 0.15) is 12.4 Å². The van der Waals surface area contributed by atoms with E-state index in [1.807, 2.05) is 18.2 Å². The minimum absolute atomic E-state index is 0.0286. The fourth-order valence-electron chi connectivity index (χ4n) is 3.68. The number of benzene rings is 2. The Morgan fingerprint density at radius 1 is 1.21 bits per heavy atom. The zero-order chi connectivity index (χ0) is 19.7. The van der Waals surface area contributed by atoms with Crippen molar-refractivity contribution < 1.29 is 22.7 Å². The number of fused-ring (bicyclic) bond motifs is 1. The van der Waals surface area contributed by atoms with Gasteiger partial charge in [-0.2, -0.15) is 0 Å². The molecule has 1 aliphatic rings. The minimum atomic E-state index is -2.96. The van der Waals surface area contributed by atoms with E-state index in [1.54, 1.807) is 24.4 Å². The smallest absolute Gasteiger partial charge is 0.410 e. The Kier molecular flexibility index (Phi) is 4.75. The van der Waals surface area contributed by atoms with Gasteiger partial charge in [0.15, 0.2) is 0 Å². The Bertz CT molecular complexity index is 988. The molecule has 28 heavy (non-hydrogen) atoms. The SMILES string of the molecule is O=C(OCc1ccccc1)N1CC(F)(F)C[C@H]1Cc1c[nH]c2cc(F)ccc12. The first-order valence-electron chi connectivity index (χ1n) is 9.02. The molecule has 0 bridgehead atoms. The van der Waals surface area contributed by atoms with Gasteiger partial charge in [-0.25, -0.2) is 18.0 Å². The van der Waals surface area contributed by atoms with E-state index in [0.717, 1.165) is 21.4 Å². The summed E-state index contributed by atoms with van der Waals surface area (Å²) in [6.07, 6.45) is 0.730. The molecule has 7 heteroatoms. The minimum Gasteiger partial charge on any atom is -0.445 e. The maximum absolute atomic E-state index is 14.1. The first-order chi connectivity index (χ1) is 13.4. The molecular weight excluding hydrogens is 369 g/mol. The van der Waals surface area contributed by atoms with E-state index in [1.165, 1.54) is 12.1 Å². The van der Waals surface area contributed by atoms with Crippen LogP contribution in [-0.4, -0.2) is 34.5 Å². The lowest BCUT2D eigenvalue weighted by Crippen LogP contribution is -2.38. The number of nitrogens with one attached hydrogen (secondary N) is 1. The second-order valence-electron chi connectivity index (χ2n) is 7.09. The largest absolute Gasteiger partial charge is 0.445 e. The molecule has 0 saturated carbocycles. The maximum atomic E-state index is 14.1. The number of alkyl halides is 2. The predicted molar refractivity (Wildman–Crippen MR) is 98.6 cm³/mol. The first kappa shape index (κ1) is 18.4. The van der Waals surface area contributed by atoms with Crippen LogP contribution in [0.5, 0.6) is 0 Å². The summed E-state index contributed by atoms with van der Waals surface area (Å²) in [7, 11) is 0. The van der Waals surface area contributed by atoms with Crippen LogP contribution >= 0.6 is 0 Å². The number of amides is 1. The number of aromatic amines is 1. The van der Waals surface area contributed by atoms with E-state index in [4.69, 9.17) is 4.74 Å². The third kappa shape index (κ3) is 3.83. The number of carbonyl (C=O) groups is 1. The molecule has 2 aromatic carbocycles. The van der Waals surface area contributed by atoms with Crippen LogP contribution in [0.2, 0.25) is 0 Å². The topological polar surface area (TPSA) is 45.3 Å². The van der Waals surface area contributed by atoms with E-state index < -0.39 is 31.0 Å². The molecule has 3 aromatic rings. The van der Waals surface area contributed by atoms with E-state index in [9.17, 15) is 18.0 Å². The molecule has 1 amide bonds. The van der Waals surface area contributed by atoms with Crippen LogP contribution in [0, 0.1) is 5.82 Å². The first-order valence-corrected chi connectivity index (χ1v) is 9.02. The zero-order valence-electron chi connectivity index (χ0n) is 15.0. The predicted octanol–water partition coefficient (Wildman–Crippen LogP) is 4.90. The van der Waals surface area contributed by atoms with Crippen molar-refractivity contribution >= 4 is 17.0 Å². The summed E-state index contributed by atoms with van der Waals surface area (Å²) in [6.45, 7) is -0.636. The van der Waals surface area contributed by atoms with Gasteiger partial charge in [0.05, 0.1) is 6.54 Å². The molecular formula is C21H19F3N2O2. The van der Waals surface area contributed by atoms with Crippen LogP contribution < -0.4 is 0 Å². The number of likely N-dealkylation sites (tertiary alicyclic amines) is 1. The van der Waals surface area contributed by atoms with E-state index in [0.29, 0.717) is 5.52 Å². The normalized spacial score (nSPS) is 18.5. The number of H-pyrrole nitrogens is 1. The monoisotopic (exact) mass is 388 g/mol. The van der Waals surface area contributed by atoms with Crippen molar-refractivity contribution in [2.24, 2.45) is 0 Å². The Morgan fingerprint density at radius 2 is 2.00 bits per heavy atom. The molecule has 2 heterocycles. The van der Waals surface area contributed by atoms with E-state index in [-0.39, 0.29) is 18.8 Å². The lowest BCUT2D eigenvalue weighted by molar-refractivity contribution is 0.0101. The standard InChI is InChI=1S/C21H19F3N2O2/c22-16-6-7-18-15(11-25-19(18)9-16)8-17-10-21(23,24)13-26(17)20(27)28-12-14-4-2-1-3-5-14/h1-7,9,11,17,25H,8,10,12-13H2/t17-/m1/s1. The number of hydrogen-bond acceptors (Lipinski definition) is 2. The van der Waals surface area contributed by atoms with Gasteiger partial charge in [-0.05, 0) is 35.7 Å². The van der Waals surface area contributed by atoms with Gasteiger partial charge in [-0.1, -0.05) is 30.3 Å². The van der Waals surface area contributed by atoms with E-state index in [2.05, 4.69) is 4.98 Å². The third-order valence-electron chi connectivity index (χ3n) is 5.00. The zero-order valence-corrected chi connectivity index (χ0v) is 15.0. The quantitative estimate of drug-likeness (QED) is 0.691. The van der Waals surface area contributed by atoms with Gasteiger partial charge in [0, 0.05) is 29.6 Å². The van der Waals surface area contributed by atoms with Gasteiger partial charge in [0.2, 0.25) is 0 Å². The lowest BCUT2D eigenvalue weighted by atomic mass is 10.0. The van der Waals surface area contributed by atoms with Gasteiger partial charge < -0.3 is 9.72 Å². The van der Waals surface area contributed by atoms with E-state index >= 15 is 0 Å². The molecule has 0 spiro atoms. The molecule has 0 aliphatic carbocycles. The van der Waals surface area contributed by atoms with Crippen LogP contribution in [0.4, 0.5) is 18.0 Å². The molecule has 1 fully saturated rings. The average Bonchev–Trinajstić information content (AvgIpc) is 3.20. The summed E-state index contributed by atoms with van der Waals surface area (Å²) >= 11 is 0. The van der Waals surface area contributed by atoms with Gasteiger partial charge in [0.25, 0.3) is 5.92 Å². The molecule has 0 radical (unpaired) electrons. The third-order valence-corrected chi connectivity index (χ3v) is 5.00. The lowest BCUT2D eigenvalue weighted by Gasteiger charge is -2.23. The van der Waals surface area contributed by atoms with Gasteiger partial charge in [-0.3, -0.25) is 4.90 Å². The Labute approximate surface area is 159 Å². The molecule has 4 nitrogen and oxygen atoms in total. The number of halogens is 3. The molecule has 0 unspecified atom stereocenters. The number of hydrogen-bond donors (Lipinski definition) is 1. The number of carbonyl (C=O) groups excluding carboxylic acids is 1. The van der Waals surface area contributed by atoms with Gasteiger partial charge in [-0.15, -0.1) is 0 Å². The van der Waals surface area contributed by atoms with Crippen LogP contribution in [0.15, 0.2) is 54.7 Å². The molecule has 1 aliphatic heterocycles. The average molecular weight is 388 g/mol. The molecule has 1 aromatic heterocycles. The summed E-state index contributed by atoms with van der Waals surface area (Å²) in [5, 5.41) is 0.759. The fourth-order valence-corrected chi connectivity index (χ4v) is 3.68. The van der Waals surface area contributed by atoms with Crippen molar-refractivity contribution in [2.75, 3.05) is 6.54 Å². The van der Waals surface area contributed by atoms with Crippen molar-refractivity contribution in [3.8, 4) is 0 Å². The highest BCUT2D eigenvalue weighted by molar-refractivity contribution is 5.83. The van der Waals surface area contributed by atoms with Crippen molar-refractivity contribution in [1.29, 1.82) is 0 Å². The van der Waals surface area contributed by atoms with Crippen molar-refractivity contribution in [1.82, 2.24) is 9.88 Å². The highest BCUT2D eigenvalue weighted by atomic mass is 19.3. The van der Waals surface area contributed by atoms with Crippen LogP contribution in [-0.2, 0) is 17.8 Å². The maximum Gasteiger partial charge on any atom is 0.410 e. The second kappa shape index (κ2) is 7.22. The molecule has 1 N–H and O–H groups in total. The van der Waals surface area contributed by atoms with Crippen molar-refractivity contribution in [3.05, 3.63) is 71.7 Å². The van der Waals surface area contributed by atoms with Gasteiger partial charge >= 0.3 is 6.09 Å². The summed E-state index contributed by atoms with van der Waals surface area (Å²) in [5.41, 5.74) is 2.15. The summed E-state index contributed by atoms with van der Waals surface area (Å²) in [6, 6.07) is 12.7. The highest BCUT2D eigenvalue weighted by Gasteiger charge is 2.47. The molecule has 4 rings (SSSR count). The molecule has 1 atom stereocenters.